The molecule has 0 amide bonds. The molecule has 0 saturated heterocycles. The molecular weight excluding hydrogens is 581 g/mol. The van der Waals surface area contributed by atoms with Gasteiger partial charge in [0, 0.05) is 40.5 Å². The SMILES string of the molecule is COc1ccc(CNCc2cccc(F)c2)cc1-c1ccc(O)c2c1CC(CC(CCO)C(CO)C(=O)CC(C)=O)CC2=O.O.[HH].[HH]. The maximum Gasteiger partial charge on any atom is 0.167 e. The number of rotatable bonds is 15. The summed E-state index contributed by atoms with van der Waals surface area (Å²) >= 11 is 0. The minimum absolute atomic E-state index is 0. The van der Waals surface area contributed by atoms with E-state index >= 15 is 0 Å². The highest BCUT2D eigenvalue weighted by atomic mass is 19.1. The molecule has 4 rings (SSSR count). The Labute approximate surface area is 265 Å². The number of aliphatic hydroxyl groups excluding tert-OH is 2. The van der Waals surface area contributed by atoms with Crippen LogP contribution in [0.3, 0.4) is 0 Å². The van der Waals surface area contributed by atoms with Gasteiger partial charge in [0.15, 0.2) is 5.78 Å². The molecule has 1 aliphatic rings. The number of benzene rings is 3. The number of fused-ring (bicyclic) bond motifs is 1. The number of nitrogens with one attached hydrogen (secondary N) is 1. The second-order valence-electron chi connectivity index (χ2n) is 11.6. The van der Waals surface area contributed by atoms with Crippen molar-refractivity contribution in [2.24, 2.45) is 17.8 Å². The van der Waals surface area contributed by atoms with Crippen LogP contribution in [0.4, 0.5) is 4.39 Å². The summed E-state index contributed by atoms with van der Waals surface area (Å²) in [6, 6.07) is 15.4. The van der Waals surface area contributed by atoms with Crippen LogP contribution in [0.5, 0.6) is 11.5 Å². The topological polar surface area (TPSA) is 165 Å². The van der Waals surface area contributed by atoms with Gasteiger partial charge in [-0.2, -0.15) is 0 Å². The summed E-state index contributed by atoms with van der Waals surface area (Å²) in [5.74, 6) is -2.13. The molecule has 0 aromatic heterocycles. The van der Waals surface area contributed by atoms with Crippen LogP contribution in [0.2, 0.25) is 0 Å². The molecule has 45 heavy (non-hydrogen) atoms. The second-order valence-corrected chi connectivity index (χ2v) is 11.6. The fraction of sp³-hybridized carbons (Fsp3) is 0.400. The van der Waals surface area contributed by atoms with Gasteiger partial charge >= 0.3 is 0 Å². The average molecular weight is 628 g/mol. The van der Waals surface area contributed by atoms with Crippen LogP contribution in [0.15, 0.2) is 54.6 Å². The third kappa shape index (κ3) is 8.82. The maximum atomic E-state index is 13.6. The van der Waals surface area contributed by atoms with Crippen molar-refractivity contribution in [2.75, 3.05) is 20.3 Å². The van der Waals surface area contributed by atoms with Crippen molar-refractivity contribution < 1.29 is 47.2 Å². The fourth-order valence-corrected chi connectivity index (χ4v) is 6.34. The predicted molar refractivity (Wildman–Crippen MR) is 172 cm³/mol. The number of aromatic hydroxyl groups is 1. The van der Waals surface area contributed by atoms with Gasteiger partial charge in [0.2, 0.25) is 0 Å². The first-order valence-electron chi connectivity index (χ1n) is 14.9. The Morgan fingerprint density at radius 2 is 1.78 bits per heavy atom. The molecule has 0 fully saturated rings. The van der Waals surface area contributed by atoms with E-state index in [-0.39, 0.29) is 74.6 Å². The Hall–Kier alpha value is -3.96. The highest BCUT2D eigenvalue weighted by Crippen LogP contribution is 2.43. The highest BCUT2D eigenvalue weighted by Gasteiger charge is 2.35. The average Bonchev–Trinajstić information content (AvgIpc) is 2.97. The first-order chi connectivity index (χ1) is 21.1. The Morgan fingerprint density at radius 3 is 2.42 bits per heavy atom. The van der Waals surface area contributed by atoms with E-state index in [9.17, 15) is 34.1 Å². The lowest BCUT2D eigenvalue weighted by Gasteiger charge is -2.32. The molecular formula is C35H46FNO8. The van der Waals surface area contributed by atoms with Gasteiger partial charge in [-0.15, -0.1) is 0 Å². The lowest BCUT2D eigenvalue weighted by atomic mass is 9.72. The predicted octanol–water partition coefficient (Wildman–Crippen LogP) is 4.45. The van der Waals surface area contributed by atoms with Crippen molar-refractivity contribution in [3.8, 4) is 22.6 Å². The minimum Gasteiger partial charge on any atom is -0.507 e. The molecule has 0 heterocycles. The quantitative estimate of drug-likeness (QED) is 0.180. The molecule has 0 spiro atoms. The molecule has 3 aromatic carbocycles. The van der Waals surface area contributed by atoms with Gasteiger partial charge in [0.25, 0.3) is 0 Å². The Kier molecular flexibility index (Phi) is 12.9. The molecule has 10 heteroatoms. The number of hydrogen-bond acceptors (Lipinski definition) is 8. The van der Waals surface area contributed by atoms with Gasteiger partial charge in [-0.1, -0.05) is 24.3 Å². The zero-order valence-electron chi connectivity index (χ0n) is 25.6. The van der Waals surface area contributed by atoms with E-state index in [0.717, 1.165) is 22.3 Å². The Bertz CT molecular complexity index is 1520. The second kappa shape index (κ2) is 16.4. The van der Waals surface area contributed by atoms with Crippen molar-refractivity contribution in [1.29, 1.82) is 0 Å². The van der Waals surface area contributed by atoms with E-state index in [1.807, 2.05) is 24.3 Å². The number of phenolic OH excluding ortho intramolecular Hbond substituents is 1. The molecule has 0 aliphatic heterocycles. The number of Topliss-reactive ketones (excluding diaryl/α,β-unsaturated/α-hetero) is 3. The number of carbonyl (C=O) groups excluding carboxylic acids is 3. The smallest absolute Gasteiger partial charge is 0.167 e. The molecule has 3 unspecified atom stereocenters. The Morgan fingerprint density at radius 1 is 1.04 bits per heavy atom. The number of aliphatic hydroxyl groups is 2. The summed E-state index contributed by atoms with van der Waals surface area (Å²) in [6.45, 7) is 1.64. The van der Waals surface area contributed by atoms with Gasteiger partial charge in [0.1, 0.15) is 28.9 Å². The van der Waals surface area contributed by atoms with E-state index in [1.165, 1.54) is 25.1 Å². The van der Waals surface area contributed by atoms with Crippen LogP contribution in [0.1, 0.15) is 62.5 Å². The van der Waals surface area contributed by atoms with E-state index in [0.29, 0.717) is 37.2 Å². The summed E-state index contributed by atoms with van der Waals surface area (Å²) in [4.78, 5) is 37.8. The highest BCUT2D eigenvalue weighted by molar-refractivity contribution is 6.03. The first kappa shape index (κ1) is 35.5. The van der Waals surface area contributed by atoms with Gasteiger partial charge < -0.3 is 30.8 Å². The lowest BCUT2D eigenvalue weighted by molar-refractivity contribution is -0.131. The van der Waals surface area contributed by atoms with Crippen LogP contribution < -0.4 is 10.1 Å². The largest absolute Gasteiger partial charge is 0.507 e. The van der Waals surface area contributed by atoms with Crippen molar-refractivity contribution in [2.45, 2.75) is 52.1 Å². The third-order valence-corrected chi connectivity index (χ3v) is 8.38. The van der Waals surface area contributed by atoms with Crippen molar-refractivity contribution in [1.82, 2.24) is 5.32 Å². The van der Waals surface area contributed by atoms with Crippen LogP contribution in [-0.2, 0) is 29.1 Å². The third-order valence-electron chi connectivity index (χ3n) is 8.38. The summed E-state index contributed by atoms with van der Waals surface area (Å²) in [7, 11) is 1.56. The number of phenols is 1. The number of ether oxygens (including phenoxy) is 1. The van der Waals surface area contributed by atoms with Crippen LogP contribution in [0.25, 0.3) is 11.1 Å². The number of halogens is 1. The number of ketones is 3. The molecule has 0 radical (unpaired) electrons. The Balaban J connectivity index is 0.00000368. The van der Waals surface area contributed by atoms with E-state index in [2.05, 4.69) is 5.32 Å². The summed E-state index contributed by atoms with van der Waals surface area (Å²) < 4.78 is 19.3. The zero-order chi connectivity index (χ0) is 31.8. The molecule has 0 bridgehead atoms. The van der Waals surface area contributed by atoms with Crippen molar-refractivity contribution >= 4 is 17.3 Å². The monoisotopic (exact) mass is 627 g/mol. The van der Waals surface area contributed by atoms with Gasteiger partial charge in [0.05, 0.1) is 25.7 Å². The van der Waals surface area contributed by atoms with E-state index < -0.39 is 18.4 Å². The molecule has 6 N–H and O–H groups in total. The molecule has 3 aromatic rings. The molecule has 9 nitrogen and oxygen atoms in total. The normalized spacial score (nSPS) is 15.5. The van der Waals surface area contributed by atoms with Gasteiger partial charge in [-0.25, -0.2) is 4.39 Å². The van der Waals surface area contributed by atoms with Crippen LogP contribution in [-0.4, -0.2) is 58.5 Å². The number of carbonyl (C=O) groups is 3. The van der Waals surface area contributed by atoms with Gasteiger partial charge in [-0.3, -0.25) is 14.4 Å². The summed E-state index contributed by atoms with van der Waals surface area (Å²) in [5, 5.41) is 33.8. The molecule has 246 valence electrons. The minimum atomic E-state index is -0.817. The summed E-state index contributed by atoms with van der Waals surface area (Å²) in [5.41, 5.74) is 4.19. The van der Waals surface area contributed by atoms with Crippen LogP contribution in [0, 0.1) is 23.6 Å². The molecule has 0 saturated carbocycles. The number of methoxy groups -OCH3 is 1. The first-order valence-corrected chi connectivity index (χ1v) is 14.9. The molecule has 3 atom stereocenters. The fourth-order valence-electron chi connectivity index (χ4n) is 6.34. The standard InChI is InChI=1S/C35H40FNO7.H2O.2H2/c1-21(40)12-32(42)30(20-39)25(10-11-38)13-24-16-29-27(7-8-31(41)35(29)33(43)17-24)28-15-23(6-9-34(28)44-2)19-37-18-22-4-3-5-26(36)14-22;;;/h3-9,14-15,24-25,30,37-39,41H,10-13,16-20H2,1-2H3;1H2;2*1H. The zero-order valence-corrected chi connectivity index (χ0v) is 25.6. The van der Waals surface area contributed by atoms with E-state index in [4.69, 9.17) is 4.74 Å². The van der Waals surface area contributed by atoms with Crippen molar-refractivity contribution in [3.05, 3.63) is 82.7 Å². The van der Waals surface area contributed by atoms with E-state index in [1.54, 1.807) is 19.2 Å². The van der Waals surface area contributed by atoms with Crippen LogP contribution >= 0.6 is 0 Å². The number of hydrogen-bond donors (Lipinski definition) is 4. The van der Waals surface area contributed by atoms with Gasteiger partial charge in [-0.05, 0) is 90.6 Å². The molecule has 1 aliphatic carbocycles. The lowest BCUT2D eigenvalue weighted by Crippen LogP contribution is -2.32. The maximum absolute atomic E-state index is 13.6. The summed E-state index contributed by atoms with van der Waals surface area (Å²) in [6.07, 6.45) is 0.919. The van der Waals surface area contributed by atoms with Crippen molar-refractivity contribution in [3.63, 3.8) is 0 Å².